The van der Waals surface area contributed by atoms with Gasteiger partial charge in [-0.05, 0) is 24.3 Å². The van der Waals surface area contributed by atoms with E-state index in [1.807, 2.05) is 18.2 Å². The number of hydrogen-bond donors (Lipinski definition) is 2. The van der Waals surface area contributed by atoms with Crippen molar-refractivity contribution in [2.75, 3.05) is 5.73 Å². The highest BCUT2D eigenvalue weighted by Crippen LogP contribution is 2.19. The maximum atomic E-state index is 14.0. The van der Waals surface area contributed by atoms with E-state index in [4.69, 9.17) is 10.5 Å². The van der Waals surface area contributed by atoms with Crippen molar-refractivity contribution in [1.82, 2.24) is 25.3 Å². The van der Waals surface area contributed by atoms with Crippen LogP contribution in [0.1, 0.15) is 21.9 Å². The molecule has 0 radical (unpaired) electrons. The van der Waals surface area contributed by atoms with Crippen LogP contribution in [0.5, 0.6) is 5.88 Å². The van der Waals surface area contributed by atoms with Crippen molar-refractivity contribution in [3.8, 4) is 5.88 Å². The maximum absolute atomic E-state index is 14.0. The molecule has 4 aromatic rings. The van der Waals surface area contributed by atoms with Crippen molar-refractivity contribution in [3.05, 3.63) is 83.7 Å². The fourth-order valence-corrected chi connectivity index (χ4v) is 2.85. The van der Waals surface area contributed by atoms with Crippen LogP contribution in [-0.4, -0.2) is 25.8 Å². The first-order valence-electron chi connectivity index (χ1n) is 9.09. The van der Waals surface area contributed by atoms with Gasteiger partial charge in [0.2, 0.25) is 11.8 Å². The van der Waals surface area contributed by atoms with Gasteiger partial charge in [-0.1, -0.05) is 24.3 Å². The van der Waals surface area contributed by atoms with Crippen LogP contribution < -0.4 is 15.8 Å². The first-order valence-corrected chi connectivity index (χ1v) is 9.09. The van der Waals surface area contributed by atoms with Gasteiger partial charge in [-0.2, -0.15) is 0 Å². The first kappa shape index (κ1) is 19.2. The summed E-state index contributed by atoms with van der Waals surface area (Å²) in [5.41, 5.74) is 6.96. The molecule has 3 heterocycles. The minimum atomic E-state index is -0.571. The number of anilines is 1. The van der Waals surface area contributed by atoms with E-state index < -0.39 is 11.7 Å². The summed E-state index contributed by atoms with van der Waals surface area (Å²) in [6, 6.07) is 15.1. The number of amides is 1. The molecule has 0 bridgehead atoms. The number of nitrogens with one attached hydrogen (secondary N) is 1. The number of fused-ring (bicyclic) bond motifs is 1. The number of carbonyl (C=O) groups excluding carboxylic acids is 1. The second-order valence-electron chi connectivity index (χ2n) is 6.33. The van der Waals surface area contributed by atoms with Gasteiger partial charge in [-0.3, -0.25) is 9.78 Å². The summed E-state index contributed by atoms with van der Waals surface area (Å²) >= 11 is 0. The Bertz CT molecular complexity index is 1200. The van der Waals surface area contributed by atoms with Gasteiger partial charge in [0.25, 0.3) is 5.91 Å². The number of aromatic nitrogens is 4. The number of nitrogens with two attached hydrogens (primary N) is 1. The van der Waals surface area contributed by atoms with Gasteiger partial charge in [0, 0.05) is 17.6 Å². The molecule has 0 fully saturated rings. The number of nitrogen functional groups attached to an aromatic ring is 1. The van der Waals surface area contributed by atoms with E-state index in [2.05, 4.69) is 25.3 Å². The van der Waals surface area contributed by atoms with E-state index in [1.54, 1.807) is 30.5 Å². The Morgan fingerprint density at radius 1 is 1.00 bits per heavy atom. The largest absolute Gasteiger partial charge is 0.471 e. The molecule has 0 aliphatic rings. The Balaban J connectivity index is 1.46. The molecular weight excluding hydrogens is 387 g/mol. The van der Waals surface area contributed by atoms with Gasteiger partial charge < -0.3 is 15.8 Å². The van der Waals surface area contributed by atoms with Crippen LogP contribution in [0.25, 0.3) is 10.9 Å². The highest BCUT2D eigenvalue weighted by atomic mass is 19.1. The number of ether oxygens (including phenoxy) is 1. The molecule has 0 aliphatic heterocycles. The van der Waals surface area contributed by atoms with Crippen LogP contribution in [0.4, 0.5) is 10.3 Å². The standard InChI is InChI=1S/C21H17FN6O2/c22-16-8-4-7-15-18(16)27-21(23)28-19(15)20(29)25-11-13-5-3-6-14(26-13)12-30-17-9-1-2-10-24-17/h1-10H,11-12H2,(H,25,29)(H2,23,27,28). The smallest absolute Gasteiger partial charge is 0.271 e. The predicted octanol–water partition coefficient (Wildman–Crippen LogP) is 2.65. The third kappa shape index (κ3) is 4.30. The number of rotatable bonds is 6. The Hall–Kier alpha value is -4.14. The van der Waals surface area contributed by atoms with Gasteiger partial charge >= 0.3 is 0 Å². The summed E-state index contributed by atoms with van der Waals surface area (Å²) in [5.74, 6) is -0.752. The van der Waals surface area contributed by atoms with Gasteiger partial charge in [0.15, 0.2) is 0 Å². The molecule has 0 atom stereocenters. The molecular formula is C21H17FN6O2. The lowest BCUT2D eigenvalue weighted by molar-refractivity contribution is 0.0947. The first-order chi connectivity index (χ1) is 14.6. The summed E-state index contributed by atoms with van der Waals surface area (Å²) in [6.45, 7) is 0.391. The molecule has 0 saturated heterocycles. The van der Waals surface area contributed by atoms with Crippen LogP contribution in [0.2, 0.25) is 0 Å². The highest BCUT2D eigenvalue weighted by Gasteiger charge is 2.16. The predicted molar refractivity (Wildman–Crippen MR) is 108 cm³/mol. The van der Waals surface area contributed by atoms with Crippen LogP contribution in [0.3, 0.4) is 0 Å². The lowest BCUT2D eigenvalue weighted by Gasteiger charge is -2.09. The second-order valence-corrected chi connectivity index (χ2v) is 6.33. The van der Waals surface area contributed by atoms with E-state index in [0.29, 0.717) is 17.3 Å². The molecule has 3 N–H and O–H groups in total. The van der Waals surface area contributed by atoms with Crippen molar-refractivity contribution in [2.24, 2.45) is 0 Å². The van der Waals surface area contributed by atoms with Crippen LogP contribution in [0.15, 0.2) is 60.8 Å². The molecule has 9 heteroatoms. The van der Waals surface area contributed by atoms with Gasteiger partial charge in [-0.15, -0.1) is 0 Å². The normalized spacial score (nSPS) is 10.7. The lowest BCUT2D eigenvalue weighted by Crippen LogP contribution is -2.25. The van der Waals surface area contributed by atoms with Crippen molar-refractivity contribution >= 4 is 22.8 Å². The average Bonchev–Trinajstić information content (AvgIpc) is 2.77. The number of hydrogen-bond acceptors (Lipinski definition) is 7. The molecule has 1 amide bonds. The Labute approximate surface area is 171 Å². The number of pyridine rings is 2. The summed E-state index contributed by atoms with van der Waals surface area (Å²) in [7, 11) is 0. The van der Waals surface area contributed by atoms with E-state index in [-0.39, 0.29) is 35.7 Å². The third-order valence-electron chi connectivity index (χ3n) is 4.21. The Morgan fingerprint density at radius 2 is 1.83 bits per heavy atom. The topological polar surface area (TPSA) is 116 Å². The summed E-state index contributed by atoms with van der Waals surface area (Å²) in [4.78, 5) is 29.1. The molecule has 1 aromatic carbocycles. The van der Waals surface area contributed by atoms with Crippen molar-refractivity contribution in [1.29, 1.82) is 0 Å². The van der Waals surface area contributed by atoms with Gasteiger partial charge in [0.05, 0.1) is 17.9 Å². The fraction of sp³-hybridized carbons (Fsp3) is 0.0952. The average molecular weight is 404 g/mol. The zero-order valence-corrected chi connectivity index (χ0v) is 15.7. The number of nitrogens with zero attached hydrogens (tertiary/aromatic N) is 4. The number of benzene rings is 1. The Morgan fingerprint density at radius 3 is 2.67 bits per heavy atom. The summed E-state index contributed by atoms with van der Waals surface area (Å²) in [5, 5.41) is 3.02. The van der Waals surface area contributed by atoms with Crippen LogP contribution >= 0.6 is 0 Å². The van der Waals surface area contributed by atoms with Crippen LogP contribution in [0, 0.1) is 5.82 Å². The molecule has 0 unspecified atom stereocenters. The second kappa shape index (κ2) is 8.48. The lowest BCUT2D eigenvalue weighted by atomic mass is 10.1. The van der Waals surface area contributed by atoms with Crippen molar-refractivity contribution in [3.63, 3.8) is 0 Å². The minimum Gasteiger partial charge on any atom is -0.471 e. The van der Waals surface area contributed by atoms with Gasteiger partial charge in [0.1, 0.15) is 23.6 Å². The van der Waals surface area contributed by atoms with E-state index >= 15 is 0 Å². The molecule has 3 aromatic heterocycles. The molecule has 0 saturated carbocycles. The van der Waals surface area contributed by atoms with E-state index in [0.717, 1.165) is 0 Å². The van der Waals surface area contributed by atoms with Crippen molar-refractivity contribution < 1.29 is 13.9 Å². The summed E-state index contributed by atoms with van der Waals surface area (Å²) in [6.07, 6.45) is 1.64. The zero-order valence-electron chi connectivity index (χ0n) is 15.7. The molecule has 30 heavy (non-hydrogen) atoms. The van der Waals surface area contributed by atoms with E-state index in [1.165, 1.54) is 12.1 Å². The molecule has 0 aliphatic carbocycles. The summed E-state index contributed by atoms with van der Waals surface area (Å²) < 4.78 is 19.6. The minimum absolute atomic E-state index is 0.00180. The monoisotopic (exact) mass is 404 g/mol. The highest BCUT2D eigenvalue weighted by molar-refractivity contribution is 6.04. The third-order valence-corrected chi connectivity index (χ3v) is 4.21. The zero-order chi connectivity index (χ0) is 20.9. The van der Waals surface area contributed by atoms with Gasteiger partial charge in [-0.25, -0.2) is 19.3 Å². The number of halogens is 1. The molecule has 0 spiro atoms. The molecule has 4 rings (SSSR count). The molecule has 8 nitrogen and oxygen atoms in total. The Kier molecular flexibility index (Phi) is 5.42. The maximum Gasteiger partial charge on any atom is 0.271 e. The quantitative estimate of drug-likeness (QED) is 0.507. The molecule has 150 valence electrons. The van der Waals surface area contributed by atoms with Crippen molar-refractivity contribution in [2.45, 2.75) is 13.2 Å². The van der Waals surface area contributed by atoms with Crippen LogP contribution in [-0.2, 0) is 13.2 Å². The number of para-hydroxylation sites is 1. The fourth-order valence-electron chi connectivity index (χ4n) is 2.85. The SMILES string of the molecule is Nc1nc(C(=O)NCc2cccc(COc3ccccn3)n2)c2cccc(F)c2n1. The number of carbonyl (C=O) groups is 1. The van der Waals surface area contributed by atoms with E-state index in [9.17, 15) is 9.18 Å².